The summed E-state index contributed by atoms with van der Waals surface area (Å²) in [5.41, 5.74) is 2.46. The van der Waals surface area contributed by atoms with Gasteiger partial charge in [-0.2, -0.15) is 0 Å². The van der Waals surface area contributed by atoms with Crippen LogP contribution < -0.4 is 4.74 Å². The number of rotatable bonds is 3. The van der Waals surface area contributed by atoms with Gasteiger partial charge in [-0.25, -0.2) is 9.78 Å². The van der Waals surface area contributed by atoms with Crippen LogP contribution in [0.2, 0.25) is 0 Å². The van der Waals surface area contributed by atoms with Crippen LogP contribution in [0.25, 0.3) is 32.9 Å². The number of furan rings is 1. The molecule has 0 spiro atoms. The second kappa shape index (κ2) is 5.38. The predicted molar refractivity (Wildman–Crippen MR) is 90.5 cm³/mol. The topological polar surface area (TPSA) is 72.6 Å². The molecule has 5 heteroatoms. The first kappa shape index (κ1) is 14.3. The highest BCUT2D eigenvalue weighted by atomic mass is 16.5. The van der Waals surface area contributed by atoms with Gasteiger partial charge in [0, 0.05) is 28.6 Å². The molecular weight excluding hydrogens is 306 g/mol. The van der Waals surface area contributed by atoms with Crippen molar-refractivity contribution in [1.82, 2.24) is 4.98 Å². The van der Waals surface area contributed by atoms with Crippen molar-refractivity contribution >= 4 is 27.7 Å². The van der Waals surface area contributed by atoms with E-state index in [-0.39, 0.29) is 5.76 Å². The Bertz CT molecular complexity index is 1060. The average molecular weight is 319 g/mol. The standard InChI is InChI=1S/C19H13NO4/c1-23-17-7-6-11(10-20-17)15-8-12-9-16(19(21)22)24-18(12)14-5-3-2-4-13(14)15/h2-10H,1H3,(H,21,22). The molecular formula is C19H13NO4. The van der Waals surface area contributed by atoms with Crippen LogP contribution in [0.1, 0.15) is 10.6 Å². The zero-order valence-corrected chi connectivity index (χ0v) is 12.8. The highest BCUT2D eigenvalue weighted by Gasteiger charge is 2.15. The number of methoxy groups -OCH3 is 1. The number of aromatic carboxylic acids is 1. The van der Waals surface area contributed by atoms with Gasteiger partial charge in [0.25, 0.3) is 0 Å². The smallest absolute Gasteiger partial charge is 0.371 e. The fourth-order valence-electron chi connectivity index (χ4n) is 2.88. The molecule has 0 saturated heterocycles. The van der Waals surface area contributed by atoms with Gasteiger partial charge in [-0.1, -0.05) is 24.3 Å². The number of nitrogens with zero attached hydrogens (tertiary/aromatic N) is 1. The third kappa shape index (κ3) is 2.18. The summed E-state index contributed by atoms with van der Waals surface area (Å²) in [6.07, 6.45) is 1.74. The SMILES string of the molecule is COc1ccc(-c2cc3cc(C(=O)O)oc3c3ccccc23)cn1. The van der Waals surface area contributed by atoms with E-state index >= 15 is 0 Å². The number of pyridine rings is 1. The first-order valence-corrected chi connectivity index (χ1v) is 7.36. The number of carboxylic acids is 1. The zero-order valence-electron chi connectivity index (χ0n) is 12.8. The number of ether oxygens (including phenoxy) is 1. The summed E-state index contributed by atoms with van der Waals surface area (Å²) in [7, 11) is 1.57. The van der Waals surface area contributed by atoms with E-state index in [1.54, 1.807) is 25.4 Å². The van der Waals surface area contributed by atoms with E-state index in [1.165, 1.54) is 0 Å². The molecule has 2 aromatic heterocycles. The summed E-state index contributed by atoms with van der Waals surface area (Å²) >= 11 is 0. The lowest BCUT2D eigenvalue weighted by Gasteiger charge is -2.08. The van der Waals surface area contributed by atoms with Gasteiger partial charge in [-0.3, -0.25) is 0 Å². The molecule has 0 aliphatic heterocycles. The molecule has 1 N–H and O–H groups in total. The van der Waals surface area contributed by atoms with E-state index in [9.17, 15) is 9.90 Å². The van der Waals surface area contributed by atoms with Crippen LogP contribution in [0.3, 0.4) is 0 Å². The summed E-state index contributed by atoms with van der Waals surface area (Å²) in [6.45, 7) is 0. The molecule has 0 fully saturated rings. The quantitative estimate of drug-likeness (QED) is 0.607. The molecule has 0 aliphatic carbocycles. The van der Waals surface area contributed by atoms with Crippen molar-refractivity contribution in [3.05, 3.63) is 60.5 Å². The summed E-state index contributed by atoms with van der Waals surface area (Å²) in [6, 6.07) is 15.0. The van der Waals surface area contributed by atoms with Gasteiger partial charge >= 0.3 is 5.97 Å². The molecule has 2 aromatic carbocycles. The van der Waals surface area contributed by atoms with Crippen LogP contribution in [0.15, 0.2) is 59.1 Å². The molecule has 4 rings (SSSR count). The van der Waals surface area contributed by atoms with Crippen molar-refractivity contribution in [2.24, 2.45) is 0 Å². The van der Waals surface area contributed by atoms with Crippen molar-refractivity contribution in [2.75, 3.05) is 7.11 Å². The Morgan fingerprint density at radius 1 is 1.12 bits per heavy atom. The van der Waals surface area contributed by atoms with E-state index in [1.807, 2.05) is 36.4 Å². The minimum absolute atomic E-state index is 0.0693. The minimum atomic E-state index is -1.08. The molecule has 5 nitrogen and oxygen atoms in total. The monoisotopic (exact) mass is 319 g/mol. The van der Waals surface area contributed by atoms with E-state index in [2.05, 4.69) is 4.98 Å². The van der Waals surface area contributed by atoms with E-state index in [4.69, 9.17) is 9.15 Å². The first-order chi connectivity index (χ1) is 11.7. The molecule has 0 bridgehead atoms. The molecule has 0 saturated carbocycles. The maximum atomic E-state index is 11.2. The largest absolute Gasteiger partial charge is 0.481 e. The number of carboxylic acid groups (broad SMARTS) is 1. The van der Waals surface area contributed by atoms with Crippen LogP contribution in [-0.4, -0.2) is 23.2 Å². The Morgan fingerprint density at radius 3 is 2.58 bits per heavy atom. The van der Waals surface area contributed by atoms with Gasteiger partial charge in [0.2, 0.25) is 11.6 Å². The van der Waals surface area contributed by atoms with Gasteiger partial charge in [0.05, 0.1) is 7.11 Å². The fraction of sp³-hybridized carbons (Fsp3) is 0.0526. The van der Waals surface area contributed by atoms with E-state index in [0.717, 1.165) is 27.3 Å². The summed E-state index contributed by atoms with van der Waals surface area (Å²) in [4.78, 5) is 15.5. The van der Waals surface area contributed by atoms with Crippen molar-refractivity contribution < 1.29 is 19.1 Å². The Morgan fingerprint density at radius 2 is 1.92 bits per heavy atom. The summed E-state index contributed by atoms with van der Waals surface area (Å²) < 4.78 is 10.6. The Kier molecular flexibility index (Phi) is 3.20. The highest BCUT2D eigenvalue weighted by Crippen LogP contribution is 2.36. The number of hydrogen-bond donors (Lipinski definition) is 1. The van der Waals surface area contributed by atoms with Crippen LogP contribution in [0.4, 0.5) is 0 Å². The van der Waals surface area contributed by atoms with Crippen LogP contribution in [-0.2, 0) is 0 Å². The number of benzene rings is 2. The molecule has 24 heavy (non-hydrogen) atoms. The molecule has 0 atom stereocenters. The first-order valence-electron chi connectivity index (χ1n) is 7.36. The predicted octanol–water partition coefficient (Wildman–Crippen LogP) is 4.35. The van der Waals surface area contributed by atoms with Gasteiger partial charge in [0.1, 0.15) is 5.58 Å². The molecule has 4 aromatic rings. The second-order valence-electron chi connectivity index (χ2n) is 5.39. The normalized spacial score (nSPS) is 11.0. The van der Waals surface area contributed by atoms with Crippen LogP contribution in [0, 0.1) is 0 Å². The lowest BCUT2D eigenvalue weighted by atomic mass is 9.97. The number of hydrogen-bond acceptors (Lipinski definition) is 4. The van der Waals surface area contributed by atoms with Crippen LogP contribution >= 0.6 is 0 Å². The third-order valence-electron chi connectivity index (χ3n) is 3.99. The average Bonchev–Trinajstić information content (AvgIpc) is 3.06. The van der Waals surface area contributed by atoms with E-state index in [0.29, 0.717) is 11.5 Å². The fourth-order valence-corrected chi connectivity index (χ4v) is 2.88. The lowest BCUT2D eigenvalue weighted by Crippen LogP contribution is -1.91. The van der Waals surface area contributed by atoms with Crippen molar-refractivity contribution in [3.8, 4) is 17.0 Å². The van der Waals surface area contributed by atoms with E-state index < -0.39 is 5.97 Å². The summed E-state index contributed by atoms with van der Waals surface area (Å²) in [5, 5.41) is 11.8. The number of carbonyl (C=O) groups is 1. The van der Waals surface area contributed by atoms with Crippen molar-refractivity contribution in [3.63, 3.8) is 0 Å². The summed E-state index contributed by atoms with van der Waals surface area (Å²) in [5.74, 6) is -0.608. The van der Waals surface area contributed by atoms with Gasteiger partial charge in [0.15, 0.2) is 0 Å². The molecule has 0 unspecified atom stereocenters. The number of fused-ring (bicyclic) bond motifs is 3. The molecule has 0 amide bonds. The maximum Gasteiger partial charge on any atom is 0.371 e. The maximum absolute atomic E-state index is 11.2. The number of aromatic nitrogens is 1. The van der Waals surface area contributed by atoms with Gasteiger partial charge in [-0.15, -0.1) is 0 Å². The highest BCUT2D eigenvalue weighted by molar-refractivity contribution is 6.12. The zero-order chi connectivity index (χ0) is 16.7. The third-order valence-corrected chi connectivity index (χ3v) is 3.99. The van der Waals surface area contributed by atoms with Crippen molar-refractivity contribution in [2.45, 2.75) is 0 Å². The minimum Gasteiger partial charge on any atom is -0.481 e. The Hall–Kier alpha value is -3.34. The van der Waals surface area contributed by atoms with Crippen LogP contribution in [0.5, 0.6) is 5.88 Å². The molecule has 0 radical (unpaired) electrons. The lowest BCUT2D eigenvalue weighted by molar-refractivity contribution is 0.0665. The van der Waals surface area contributed by atoms with Gasteiger partial charge < -0.3 is 14.3 Å². The molecule has 2 heterocycles. The Balaban J connectivity index is 2.04. The Labute approximate surface area is 137 Å². The molecule has 118 valence electrons. The molecule has 0 aliphatic rings. The second-order valence-corrected chi connectivity index (χ2v) is 5.39. The van der Waals surface area contributed by atoms with Crippen molar-refractivity contribution in [1.29, 1.82) is 0 Å². The van der Waals surface area contributed by atoms with Gasteiger partial charge in [-0.05, 0) is 29.1 Å².